The first kappa shape index (κ1) is 13.3. The molecule has 1 saturated heterocycles. The van der Waals surface area contributed by atoms with Gasteiger partial charge in [0, 0.05) is 19.8 Å². The number of nitrogens with zero attached hydrogens (tertiary/aromatic N) is 2. The van der Waals surface area contributed by atoms with Crippen LogP contribution >= 0.6 is 0 Å². The Hall–Kier alpha value is -1.09. The van der Waals surface area contributed by atoms with Crippen LogP contribution in [0.1, 0.15) is 38.7 Å². The zero-order chi connectivity index (χ0) is 13.0. The van der Waals surface area contributed by atoms with Crippen LogP contribution in [-0.2, 0) is 6.54 Å². The van der Waals surface area contributed by atoms with Gasteiger partial charge in [-0.2, -0.15) is 0 Å². The number of anilines is 1. The molecule has 0 radical (unpaired) electrons. The van der Waals surface area contributed by atoms with Crippen LogP contribution in [-0.4, -0.2) is 30.0 Å². The highest BCUT2D eigenvalue weighted by Crippen LogP contribution is 2.30. The lowest BCUT2D eigenvalue weighted by Gasteiger charge is -2.23. The number of rotatable bonds is 3. The van der Waals surface area contributed by atoms with Gasteiger partial charge in [-0.3, -0.25) is 4.90 Å². The molecule has 1 aromatic rings. The van der Waals surface area contributed by atoms with Gasteiger partial charge in [0.1, 0.15) is 5.82 Å². The van der Waals surface area contributed by atoms with Gasteiger partial charge >= 0.3 is 0 Å². The maximum atomic E-state index is 4.26. The Kier molecular flexibility index (Phi) is 4.23. The molecule has 0 bridgehead atoms. The summed E-state index contributed by atoms with van der Waals surface area (Å²) in [5.74, 6) is 0.961. The highest BCUT2D eigenvalue weighted by atomic mass is 15.1. The number of aromatic nitrogens is 1. The summed E-state index contributed by atoms with van der Waals surface area (Å²) in [4.78, 5) is 6.84. The molecule has 3 nitrogen and oxygen atoms in total. The topological polar surface area (TPSA) is 28.2 Å². The molecule has 2 heterocycles. The van der Waals surface area contributed by atoms with Crippen molar-refractivity contribution < 1.29 is 0 Å². The fourth-order valence-corrected chi connectivity index (χ4v) is 2.60. The number of hydrogen-bond donors (Lipinski definition) is 1. The quantitative estimate of drug-likeness (QED) is 0.889. The monoisotopic (exact) mass is 247 g/mol. The standard InChI is InChI=1S/C15H25N3/c1-15(2)6-4-9-18(10-7-15)12-13-5-8-17-14(11-13)16-3/h5,8,11H,4,6-7,9-10,12H2,1-3H3,(H,16,17). The Balaban J connectivity index is 1.96. The molecule has 0 saturated carbocycles. The first-order valence-corrected chi connectivity index (χ1v) is 6.94. The van der Waals surface area contributed by atoms with E-state index in [4.69, 9.17) is 0 Å². The van der Waals surface area contributed by atoms with E-state index in [2.05, 4.69) is 41.2 Å². The van der Waals surface area contributed by atoms with Crippen LogP contribution in [0, 0.1) is 5.41 Å². The van der Waals surface area contributed by atoms with E-state index in [1.54, 1.807) is 0 Å². The van der Waals surface area contributed by atoms with Gasteiger partial charge in [0.15, 0.2) is 0 Å². The first-order chi connectivity index (χ1) is 8.59. The predicted octanol–water partition coefficient (Wildman–Crippen LogP) is 3.14. The lowest BCUT2D eigenvalue weighted by molar-refractivity contribution is 0.256. The molecule has 18 heavy (non-hydrogen) atoms. The fraction of sp³-hybridized carbons (Fsp3) is 0.667. The van der Waals surface area contributed by atoms with E-state index in [0.717, 1.165) is 12.4 Å². The van der Waals surface area contributed by atoms with Crippen molar-refractivity contribution >= 4 is 5.82 Å². The predicted molar refractivity (Wildman–Crippen MR) is 76.7 cm³/mol. The molecule has 1 fully saturated rings. The summed E-state index contributed by atoms with van der Waals surface area (Å²) < 4.78 is 0. The molecule has 1 aromatic heterocycles. The second-order valence-electron chi connectivity index (χ2n) is 6.09. The molecular formula is C15H25N3. The largest absolute Gasteiger partial charge is 0.373 e. The maximum Gasteiger partial charge on any atom is 0.125 e. The fourth-order valence-electron chi connectivity index (χ4n) is 2.60. The molecule has 0 spiro atoms. The second kappa shape index (κ2) is 5.70. The molecule has 0 aromatic carbocycles. The minimum absolute atomic E-state index is 0.517. The third kappa shape index (κ3) is 3.70. The Morgan fingerprint density at radius 3 is 2.94 bits per heavy atom. The first-order valence-electron chi connectivity index (χ1n) is 6.94. The minimum Gasteiger partial charge on any atom is -0.373 e. The zero-order valence-corrected chi connectivity index (χ0v) is 11.9. The summed E-state index contributed by atoms with van der Waals surface area (Å²) in [5, 5.41) is 3.10. The molecular weight excluding hydrogens is 222 g/mol. The summed E-state index contributed by atoms with van der Waals surface area (Å²) in [5.41, 5.74) is 1.87. The SMILES string of the molecule is CNc1cc(CN2CCCC(C)(C)CC2)ccn1. The van der Waals surface area contributed by atoms with E-state index >= 15 is 0 Å². The zero-order valence-electron chi connectivity index (χ0n) is 11.9. The van der Waals surface area contributed by atoms with E-state index in [9.17, 15) is 0 Å². The highest BCUT2D eigenvalue weighted by Gasteiger charge is 2.22. The van der Waals surface area contributed by atoms with Gasteiger partial charge in [0.05, 0.1) is 0 Å². The molecule has 0 amide bonds. The molecule has 0 atom stereocenters. The summed E-state index contributed by atoms with van der Waals surface area (Å²) >= 11 is 0. The molecule has 0 aliphatic carbocycles. The lowest BCUT2D eigenvalue weighted by Crippen LogP contribution is -2.25. The highest BCUT2D eigenvalue weighted by molar-refractivity contribution is 5.36. The molecule has 1 aliphatic rings. The number of likely N-dealkylation sites (tertiary alicyclic amines) is 1. The van der Waals surface area contributed by atoms with Gasteiger partial charge in [-0.15, -0.1) is 0 Å². The Labute approximate surface area is 111 Å². The van der Waals surface area contributed by atoms with Crippen molar-refractivity contribution in [3.05, 3.63) is 23.9 Å². The van der Waals surface area contributed by atoms with Crippen LogP contribution < -0.4 is 5.32 Å². The van der Waals surface area contributed by atoms with E-state index in [0.29, 0.717) is 5.41 Å². The van der Waals surface area contributed by atoms with E-state index in [-0.39, 0.29) is 0 Å². The van der Waals surface area contributed by atoms with Gasteiger partial charge in [-0.05, 0) is 55.5 Å². The average Bonchev–Trinajstić information content (AvgIpc) is 2.51. The maximum absolute atomic E-state index is 4.26. The molecule has 0 unspecified atom stereocenters. The summed E-state index contributed by atoms with van der Waals surface area (Å²) in [6, 6.07) is 4.27. The Bertz CT molecular complexity index is 387. The third-order valence-electron chi connectivity index (χ3n) is 3.92. The molecule has 3 heteroatoms. The van der Waals surface area contributed by atoms with Crippen molar-refractivity contribution in [3.8, 4) is 0 Å². The molecule has 1 aliphatic heterocycles. The number of pyridine rings is 1. The molecule has 1 N–H and O–H groups in total. The number of hydrogen-bond acceptors (Lipinski definition) is 3. The van der Waals surface area contributed by atoms with Crippen LogP contribution in [0.4, 0.5) is 5.82 Å². The van der Waals surface area contributed by atoms with E-state index in [1.807, 2.05) is 13.2 Å². The van der Waals surface area contributed by atoms with Crippen molar-refractivity contribution in [3.63, 3.8) is 0 Å². The van der Waals surface area contributed by atoms with Crippen LogP contribution in [0.25, 0.3) is 0 Å². The van der Waals surface area contributed by atoms with E-state index < -0.39 is 0 Å². The van der Waals surface area contributed by atoms with Gasteiger partial charge in [0.25, 0.3) is 0 Å². The number of nitrogens with one attached hydrogen (secondary N) is 1. The van der Waals surface area contributed by atoms with Gasteiger partial charge in [-0.25, -0.2) is 4.98 Å². The van der Waals surface area contributed by atoms with Crippen LogP contribution in [0.2, 0.25) is 0 Å². The lowest BCUT2D eigenvalue weighted by atomic mass is 9.85. The Morgan fingerprint density at radius 2 is 2.17 bits per heavy atom. The van der Waals surface area contributed by atoms with Crippen LogP contribution in [0.5, 0.6) is 0 Å². The summed E-state index contributed by atoms with van der Waals surface area (Å²) in [6.45, 7) is 8.27. The van der Waals surface area contributed by atoms with Crippen molar-refractivity contribution in [2.45, 2.75) is 39.7 Å². The smallest absolute Gasteiger partial charge is 0.125 e. The van der Waals surface area contributed by atoms with Gasteiger partial charge in [0.2, 0.25) is 0 Å². The van der Waals surface area contributed by atoms with Crippen molar-refractivity contribution in [2.24, 2.45) is 5.41 Å². The normalized spacial score (nSPS) is 20.4. The molecule has 2 rings (SSSR count). The van der Waals surface area contributed by atoms with Crippen LogP contribution in [0.15, 0.2) is 18.3 Å². The van der Waals surface area contributed by atoms with Gasteiger partial charge < -0.3 is 5.32 Å². The van der Waals surface area contributed by atoms with Crippen molar-refractivity contribution in [1.82, 2.24) is 9.88 Å². The van der Waals surface area contributed by atoms with E-state index in [1.165, 1.54) is 37.9 Å². The third-order valence-corrected chi connectivity index (χ3v) is 3.92. The average molecular weight is 247 g/mol. The van der Waals surface area contributed by atoms with Crippen molar-refractivity contribution in [2.75, 3.05) is 25.5 Å². The van der Waals surface area contributed by atoms with Gasteiger partial charge in [-0.1, -0.05) is 13.8 Å². The van der Waals surface area contributed by atoms with Crippen molar-refractivity contribution in [1.29, 1.82) is 0 Å². The summed E-state index contributed by atoms with van der Waals surface area (Å²) in [6.07, 6.45) is 5.86. The second-order valence-corrected chi connectivity index (χ2v) is 6.09. The minimum atomic E-state index is 0.517. The summed E-state index contributed by atoms with van der Waals surface area (Å²) in [7, 11) is 1.92. The van der Waals surface area contributed by atoms with Crippen LogP contribution in [0.3, 0.4) is 0 Å². The Morgan fingerprint density at radius 1 is 1.33 bits per heavy atom. The molecule has 100 valence electrons.